The molecule has 35 heavy (non-hydrogen) atoms. The number of benzene rings is 5. The molecule has 0 N–H and O–H groups in total. The third-order valence-electron chi connectivity index (χ3n) is 6.17. The van der Waals surface area contributed by atoms with Gasteiger partial charge in [0.05, 0.1) is 0 Å². The van der Waals surface area contributed by atoms with Crippen molar-refractivity contribution in [1.82, 2.24) is 0 Å². The second-order valence-electron chi connectivity index (χ2n) is 8.39. The lowest BCUT2D eigenvalue weighted by atomic mass is 9.91. The SMILES string of the molecule is C#Cc1ccccc1-c1ccc(C)cc1C#Cc1c(-c2ccccc2C#C)ccc2ccccc12. The molecule has 0 heteroatoms. The van der Waals surface area contributed by atoms with Gasteiger partial charge in [-0.05, 0) is 63.7 Å². The molecule has 5 aromatic rings. The van der Waals surface area contributed by atoms with Gasteiger partial charge in [-0.1, -0.05) is 109 Å². The van der Waals surface area contributed by atoms with Crippen molar-refractivity contribution in [1.29, 1.82) is 0 Å². The van der Waals surface area contributed by atoms with E-state index < -0.39 is 0 Å². The maximum absolute atomic E-state index is 5.84. The summed E-state index contributed by atoms with van der Waals surface area (Å²) in [5.41, 5.74) is 8.83. The van der Waals surface area contributed by atoms with Crippen molar-refractivity contribution in [3.05, 3.63) is 131 Å². The molecule has 0 amide bonds. The lowest BCUT2D eigenvalue weighted by molar-refractivity contribution is 1.44. The Kier molecular flexibility index (Phi) is 5.93. The van der Waals surface area contributed by atoms with E-state index in [9.17, 15) is 0 Å². The molecule has 5 aromatic carbocycles. The highest BCUT2D eigenvalue weighted by atomic mass is 14.1. The van der Waals surface area contributed by atoms with Crippen LogP contribution >= 0.6 is 0 Å². The van der Waals surface area contributed by atoms with Crippen LogP contribution in [0.3, 0.4) is 0 Å². The van der Waals surface area contributed by atoms with Gasteiger partial charge in [0.15, 0.2) is 0 Å². The second kappa shape index (κ2) is 9.49. The first-order valence-electron chi connectivity index (χ1n) is 11.5. The molecule has 0 aliphatic rings. The van der Waals surface area contributed by atoms with Crippen LogP contribution in [-0.2, 0) is 0 Å². The Morgan fingerprint density at radius 3 is 1.80 bits per heavy atom. The van der Waals surface area contributed by atoms with Gasteiger partial charge in [-0.3, -0.25) is 0 Å². The monoisotopic (exact) mass is 442 g/mol. The maximum atomic E-state index is 5.84. The summed E-state index contributed by atoms with van der Waals surface area (Å²) < 4.78 is 0. The zero-order valence-corrected chi connectivity index (χ0v) is 19.5. The zero-order chi connectivity index (χ0) is 24.2. The fourth-order valence-corrected chi connectivity index (χ4v) is 4.44. The highest BCUT2D eigenvalue weighted by Crippen LogP contribution is 2.32. The molecule has 0 unspecified atom stereocenters. The Morgan fingerprint density at radius 2 is 1.09 bits per heavy atom. The molecule has 0 aromatic heterocycles. The van der Waals surface area contributed by atoms with E-state index in [-0.39, 0.29) is 0 Å². The molecule has 0 heterocycles. The van der Waals surface area contributed by atoms with Crippen molar-refractivity contribution in [2.45, 2.75) is 6.92 Å². The molecule has 0 bridgehead atoms. The van der Waals surface area contributed by atoms with Crippen LogP contribution in [0.2, 0.25) is 0 Å². The summed E-state index contributed by atoms with van der Waals surface area (Å²) >= 11 is 0. The Labute approximate surface area is 207 Å². The average Bonchev–Trinajstić information content (AvgIpc) is 2.91. The summed E-state index contributed by atoms with van der Waals surface area (Å²) in [6.07, 6.45) is 11.6. The summed E-state index contributed by atoms with van der Waals surface area (Å²) in [6, 6.07) is 34.9. The maximum Gasteiger partial charge on any atom is 0.0406 e. The molecule has 0 atom stereocenters. The first kappa shape index (κ1) is 21.9. The minimum atomic E-state index is 0.852. The largest absolute Gasteiger partial charge is 0.115 e. The van der Waals surface area contributed by atoms with Gasteiger partial charge in [0.2, 0.25) is 0 Å². The van der Waals surface area contributed by atoms with Crippen LogP contribution in [0, 0.1) is 43.5 Å². The van der Waals surface area contributed by atoms with Crippen LogP contribution in [0.1, 0.15) is 27.8 Å². The van der Waals surface area contributed by atoms with E-state index >= 15 is 0 Å². The molecule has 162 valence electrons. The molecule has 0 spiro atoms. The fraction of sp³-hybridized carbons (Fsp3) is 0.0286. The van der Waals surface area contributed by atoms with Crippen molar-refractivity contribution >= 4 is 10.8 Å². The van der Waals surface area contributed by atoms with Crippen LogP contribution in [-0.4, -0.2) is 0 Å². The second-order valence-corrected chi connectivity index (χ2v) is 8.39. The first-order chi connectivity index (χ1) is 17.2. The Hall–Kier alpha value is -4.96. The molecule has 0 saturated heterocycles. The van der Waals surface area contributed by atoms with Crippen LogP contribution in [0.25, 0.3) is 33.0 Å². The highest BCUT2D eigenvalue weighted by molar-refractivity contribution is 5.96. The Morgan fingerprint density at radius 1 is 0.514 bits per heavy atom. The summed E-state index contributed by atoms with van der Waals surface area (Å²) in [5, 5.41) is 2.24. The number of fused-ring (bicyclic) bond motifs is 1. The average molecular weight is 443 g/mol. The van der Waals surface area contributed by atoms with E-state index in [1.54, 1.807) is 0 Å². The predicted octanol–water partition coefficient (Wildman–Crippen LogP) is 7.84. The lowest BCUT2D eigenvalue weighted by Crippen LogP contribution is -1.92. The normalized spacial score (nSPS) is 10.1. The minimum absolute atomic E-state index is 0.852. The summed E-state index contributed by atoms with van der Waals surface area (Å²) in [5.74, 6) is 12.7. The molecule has 0 fully saturated rings. The van der Waals surface area contributed by atoms with Crippen LogP contribution in [0.15, 0.2) is 103 Å². The van der Waals surface area contributed by atoms with E-state index in [2.05, 4.69) is 85.2 Å². The molecule has 0 aliphatic heterocycles. The van der Waals surface area contributed by atoms with E-state index in [4.69, 9.17) is 12.8 Å². The zero-order valence-electron chi connectivity index (χ0n) is 19.5. The van der Waals surface area contributed by atoms with E-state index in [0.717, 1.165) is 60.8 Å². The summed E-state index contributed by atoms with van der Waals surface area (Å²) in [6.45, 7) is 2.08. The van der Waals surface area contributed by atoms with Crippen molar-refractivity contribution in [3.8, 4) is 58.8 Å². The van der Waals surface area contributed by atoms with Gasteiger partial charge in [0.1, 0.15) is 0 Å². The van der Waals surface area contributed by atoms with Gasteiger partial charge < -0.3 is 0 Å². The molecule has 5 rings (SSSR count). The van der Waals surface area contributed by atoms with Gasteiger partial charge in [-0.15, -0.1) is 12.8 Å². The Bertz CT molecular complexity index is 1720. The predicted molar refractivity (Wildman–Crippen MR) is 148 cm³/mol. The van der Waals surface area contributed by atoms with E-state index in [0.29, 0.717) is 0 Å². The number of hydrogen-bond acceptors (Lipinski definition) is 0. The lowest BCUT2D eigenvalue weighted by Gasteiger charge is -2.12. The number of hydrogen-bond donors (Lipinski definition) is 0. The highest BCUT2D eigenvalue weighted by Gasteiger charge is 2.12. The number of terminal acetylenes is 2. The molecule has 0 saturated carbocycles. The molecule has 0 aliphatic carbocycles. The smallest absolute Gasteiger partial charge is 0.0406 e. The standard InChI is InChI=1S/C35H22/c1-4-26-12-6-9-15-30(26)33-21-18-25(3)24-29(33)20-23-35-32-17-11-8-14-28(32)19-22-34(35)31-16-10-7-13-27(31)5-2/h1-2,6-19,21-22,24H,3H3. The fourth-order valence-electron chi connectivity index (χ4n) is 4.44. The van der Waals surface area contributed by atoms with Gasteiger partial charge in [-0.25, -0.2) is 0 Å². The topological polar surface area (TPSA) is 0 Å². The van der Waals surface area contributed by atoms with Gasteiger partial charge >= 0.3 is 0 Å². The van der Waals surface area contributed by atoms with Crippen LogP contribution in [0.4, 0.5) is 0 Å². The number of rotatable bonds is 2. The quantitative estimate of drug-likeness (QED) is 0.244. The number of aryl methyl sites for hydroxylation is 1. The first-order valence-corrected chi connectivity index (χ1v) is 11.5. The third kappa shape index (κ3) is 4.21. The van der Waals surface area contributed by atoms with E-state index in [1.165, 1.54) is 0 Å². The van der Waals surface area contributed by atoms with Gasteiger partial charge in [0.25, 0.3) is 0 Å². The van der Waals surface area contributed by atoms with Crippen molar-refractivity contribution in [2.75, 3.05) is 0 Å². The third-order valence-corrected chi connectivity index (χ3v) is 6.17. The molecule has 0 nitrogen and oxygen atoms in total. The van der Waals surface area contributed by atoms with Crippen molar-refractivity contribution in [2.24, 2.45) is 0 Å². The Balaban J connectivity index is 1.77. The van der Waals surface area contributed by atoms with Crippen LogP contribution < -0.4 is 0 Å². The molecular weight excluding hydrogens is 420 g/mol. The van der Waals surface area contributed by atoms with E-state index in [1.807, 2.05) is 48.5 Å². The van der Waals surface area contributed by atoms with Crippen molar-refractivity contribution < 1.29 is 0 Å². The summed E-state index contributed by atoms with van der Waals surface area (Å²) in [4.78, 5) is 0. The molecule has 0 radical (unpaired) electrons. The minimum Gasteiger partial charge on any atom is -0.115 e. The molecular formula is C35H22. The summed E-state index contributed by atoms with van der Waals surface area (Å²) in [7, 11) is 0. The van der Waals surface area contributed by atoms with Crippen molar-refractivity contribution in [3.63, 3.8) is 0 Å². The van der Waals surface area contributed by atoms with Crippen LogP contribution in [0.5, 0.6) is 0 Å². The van der Waals surface area contributed by atoms with Gasteiger partial charge in [0, 0.05) is 22.3 Å². The van der Waals surface area contributed by atoms with Gasteiger partial charge in [-0.2, -0.15) is 0 Å².